The first kappa shape index (κ1) is 40.6. The van der Waals surface area contributed by atoms with Crippen LogP contribution in [0.25, 0.3) is 61.3 Å². The van der Waals surface area contributed by atoms with Crippen LogP contribution in [0.2, 0.25) is 0 Å². The van der Waals surface area contributed by atoms with Crippen molar-refractivity contribution in [3.63, 3.8) is 0 Å². The average Bonchev–Trinajstić information content (AvgIpc) is 3.95. The van der Waals surface area contributed by atoms with Crippen LogP contribution < -0.4 is 25.6 Å². The molecule has 2 atom stereocenters. The van der Waals surface area contributed by atoms with Crippen molar-refractivity contribution in [3.05, 3.63) is 273 Å². The third kappa shape index (κ3) is 6.81. The Morgan fingerprint density at radius 3 is 1.49 bits per heavy atom. The fourth-order valence-corrected chi connectivity index (χ4v) is 15.9. The Labute approximate surface area is 403 Å². The zero-order chi connectivity index (χ0) is 45.7. The summed E-state index contributed by atoms with van der Waals surface area (Å²) >= 11 is 0. The van der Waals surface area contributed by atoms with Crippen molar-refractivity contribution >= 4 is 62.1 Å². The first-order valence-corrected chi connectivity index (χ1v) is 25.8. The van der Waals surface area contributed by atoms with E-state index in [-0.39, 0.29) is 12.0 Å². The van der Waals surface area contributed by atoms with E-state index >= 15 is 0 Å². The Kier molecular flexibility index (Phi) is 9.95. The summed E-state index contributed by atoms with van der Waals surface area (Å²) in [6.07, 6.45) is 9.04. The summed E-state index contributed by atoms with van der Waals surface area (Å²) in [6.45, 7) is 0. The van der Waals surface area contributed by atoms with E-state index in [2.05, 4.69) is 276 Å². The number of hydrogen-bond donors (Lipinski definition) is 0. The molecule has 2 aromatic heterocycles. The molecule has 1 aliphatic carbocycles. The molecule has 5 heteroatoms. The van der Waals surface area contributed by atoms with Crippen molar-refractivity contribution in [3.8, 4) is 39.5 Å². The Morgan fingerprint density at radius 2 is 0.855 bits per heavy atom. The van der Waals surface area contributed by atoms with E-state index in [1.807, 2.05) is 0 Å². The lowest BCUT2D eigenvalue weighted by Gasteiger charge is -2.34. The number of allylic oxidation sites excluding steroid dienone is 2. The van der Waals surface area contributed by atoms with Gasteiger partial charge in [0.2, 0.25) is 0 Å². The van der Waals surface area contributed by atoms with Gasteiger partial charge in [-0.25, -0.2) is 9.97 Å². The SMILES string of the molecule is C1=CC2c3cc(-c4ccccc4)ccc3N(c3cc(-n4c5ccccc5c5cc(-c6ccccc6)ccc54)nc(-c4ccc([Si](c5ccccc5)(c5ccccc5)c5ccccc5)cc4)n3)C2C=C1. The van der Waals surface area contributed by atoms with E-state index < -0.39 is 8.07 Å². The summed E-state index contributed by atoms with van der Waals surface area (Å²) in [5.41, 5.74) is 10.4. The lowest BCUT2D eigenvalue weighted by atomic mass is 9.90. The summed E-state index contributed by atoms with van der Waals surface area (Å²) in [7, 11) is -2.76. The molecular weight excluding hydrogens is 853 g/mol. The summed E-state index contributed by atoms with van der Waals surface area (Å²) in [5.74, 6) is 2.51. The molecule has 0 N–H and O–H groups in total. The lowest BCUT2D eigenvalue weighted by Crippen LogP contribution is -2.74. The molecule has 0 saturated carbocycles. The van der Waals surface area contributed by atoms with Crippen LogP contribution in [0.15, 0.2) is 267 Å². The molecule has 11 aromatic rings. The number of hydrogen-bond acceptors (Lipinski definition) is 3. The molecule has 0 spiro atoms. The van der Waals surface area contributed by atoms with Gasteiger partial charge in [0.15, 0.2) is 13.9 Å². The van der Waals surface area contributed by atoms with E-state index in [1.54, 1.807) is 0 Å². The van der Waals surface area contributed by atoms with E-state index in [0.29, 0.717) is 5.82 Å². The standard InChI is InChI=1S/C64H46N4Si/c1-6-20-45(21-7-1)48-36-40-60-56(42-48)54-30-16-18-32-58(54)67(60)62-44-63(68-59-33-19-17-31-55(59)57-43-49(37-41-61(57)68)46-22-8-2-9-23-46)66-64(65-62)47-34-38-53(39-35-47)69(50-24-10-3-11-25-50,51-26-12-4-13-27-51)52-28-14-5-15-29-52/h1-44,54,58H. The van der Waals surface area contributed by atoms with Gasteiger partial charge in [-0.3, -0.25) is 4.57 Å². The first-order valence-electron chi connectivity index (χ1n) is 23.8. The first-order chi connectivity index (χ1) is 34.2. The van der Waals surface area contributed by atoms with Gasteiger partial charge in [0.1, 0.15) is 11.6 Å². The molecule has 69 heavy (non-hydrogen) atoms. The minimum Gasteiger partial charge on any atom is -0.318 e. The third-order valence-electron chi connectivity index (χ3n) is 14.3. The van der Waals surface area contributed by atoms with Crippen LogP contribution in [0.1, 0.15) is 11.5 Å². The van der Waals surface area contributed by atoms with Crippen molar-refractivity contribution in [1.82, 2.24) is 14.5 Å². The smallest absolute Gasteiger partial charge is 0.179 e. The van der Waals surface area contributed by atoms with Crippen LogP contribution in [-0.4, -0.2) is 28.7 Å². The van der Waals surface area contributed by atoms with E-state index in [0.717, 1.165) is 33.9 Å². The number of nitrogens with zero attached hydrogens (tertiary/aromatic N) is 4. The fourth-order valence-electron chi connectivity index (χ4n) is 11.2. The zero-order valence-corrected chi connectivity index (χ0v) is 38.8. The van der Waals surface area contributed by atoms with Crippen molar-refractivity contribution in [2.45, 2.75) is 12.0 Å². The summed E-state index contributed by atoms with van der Waals surface area (Å²) in [4.78, 5) is 13.6. The molecule has 0 fully saturated rings. The molecule has 0 amide bonds. The Morgan fingerprint density at radius 1 is 0.362 bits per heavy atom. The van der Waals surface area contributed by atoms with E-state index in [4.69, 9.17) is 9.97 Å². The van der Waals surface area contributed by atoms with Gasteiger partial charge >= 0.3 is 0 Å². The highest BCUT2D eigenvalue weighted by Crippen LogP contribution is 2.49. The summed E-state index contributed by atoms with van der Waals surface area (Å²) in [5, 5.41) is 7.68. The maximum atomic E-state index is 5.60. The highest BCUT2D eigenvalue weighted by molar-refractivity contribution is 7.19. The Bertz CT molecular complexity index is 3620. The van der Waals surface area contributed by atoms with E-state index in [9.17, 15) is 0 Å². The number of benzene rings is 9. The minimum atomic E-state index is -2.76. The van der Waals surface area contributed by atoms with Crippen LogP contribution in [0.5, 0.6) is 0 Å². The molecule has 3 heterocycles. The van der Waals surface area contributed by atoms with Gasteiger partial charge in [0.05, 0.1) is 17.1 Å². The highest BCUT2D eigenvalue weighted by Gasteiger charge is 2.42. The van der Waals surface area contributed by atoms with Gasteiger partial charge in [0, 0.05) is 34.0 Å². The van der Waals surface area contributed by atoms with Crippen LogP contribution in [0.4, 0.5) is 11.5 Å². The van der Waals surface area contributed by atoms with Crippen LogP contribution in [0, 0.1) is 0 Å². The Hall–Kier alpha value is -8.64. The number of aromatic nitrogens is 3. The normalized spacial score (nSPS) is 15.1. The molecule has 0 bridgehead atoms. The van der Waals surface area contributed by atoms with Crippen LogP contribution in [-0.2, 0) is 0 Å². The molecular formula is C64H46N4Si. The second-order valence-electron chi connectivity index (χ2n) is 18.1. The van der Waals surface area contributed by atoms with Crippen LogP contribution >= 0.6 is 0 Å². The topological polar surface area (TPSA) is 34.0 Å². The van der Waals surface area contributed by atoms with Gasteiger partial charge in [0.25, 0.3) is 0 Å². The Balaban J connectivity index is 1.03. The second-order valence-corrected chi connectivity index (χ2v) is 21.9. The number of para-hydroxylation sites is 1. The molecule has 1 aliphatic heterocycles. The van der Waals surface area contributed by atoms with Crippen molar-refractivity contribution < 1.29 is 0 Å². The van der Waals surface area contributed by atoms with Crippen molar-refractivity contribution in [2.24, 2.45) is 0 Å². The quantitative estimate of drug-likeness (QED) is 0.107. The predicted octanol–water partition coefficient (Wildman–Crippen LogP) is 12.7. The largest absolute Gasteiger partial charge is 0.318 e. The monoisotopic (exact) mass is 898 g/mol. The van der Waals surface area contributed by atoms with Gasteiger partial charge in [-0.1, -0.05) is 231 Å². The van der Waals surface area contributed by atoms with Gasteiger partial charge in [-0.2, -0.15) is 0 Å². The maximum Gasteiger partial charge on any atom is 0.179 e. The van der Waals surface area contributed by atoms with Crippen molar-refractivity contribution in [2.75, 3.05) is 4.90 Å². The van der Waals surface area contributed by atoms with E-state index in [1.165, 1.54) is 59.3 Å². The average molecular weight is 899 g/mol. The van der Waals surface area contributed by atoms with Gasteiger partial charge in [-0.05, 0) is 78.9 Å². The second kappa shape index (κ2) is 16.9. The molecule has 326 valence electrons. The molecule has 2 aliphatic rings. The third-order valence-corrected chi connectivity index (χ3v) is 19.1. The van der Waals surface area contributed by atoms with Crippen molar-refractivity contribution in [1.29, 1.82) is 0 Å². The number of anilines is 2. The minimum absolute atomic E-state index is 0.0369. The van der Waals surface area contributed by atoms with Gasteiger partial charge in [-0.15, -0.1) is 0 Å². The predicted molar refractivity (Wildman–Crippen MR) is 290 cm³/mol. The molecule has 9 aromatic carbocycles. The maximum absolute atomic E-state index is 5.60. The lowest BCUT2D eigenvalue weighted by molar-refractivity contribution is 0.737. The summed E-state index contributed by atoms with van der Waals surface area (Å²) < 4.78 is 2.34. The van der Waals surface area contributed by atoms with Gasteiger partial charge < -0.3 is 4.90 Å². The molecule has 0 saturated heterocycles. The highest BCUT2D eigenvalue weighted by atomic mass is 28.3. The molecule has 4 nitrogen and oxygen atoms in total. The molecule has 13 rings (SSSR count). The zero-order valence-electron chi connectivity index (χ0n) is 37.8. The summed E-state index contributed by atoms with van der Waals surface area (Å²) in [6, 6.07) is 88.5. The molecule has 2 unspecified atom stereocenters. The number of fused-ring (bicyclic) bond motifs is 6. The fraction of sp³-hybridized carbons (Fsp3) is 0.0312. The van der Waals surface area contributed by atoms with Crippen LogP contribution in [0.3, 0.4) is 0 Å². The molecule has 0 radical (unpaired) electrons. The number of rotatable bonds is 9.